The number of benzene rings is 1. The van der Waals surface area contributed by atoms with Gasteiger partial charge in [0.15, 0.2) is 0 Å². The molecule has 154 valence electrons. The van der Waals surface area contributed by atoms with Crippen molar-refractivity contribution < 1.29 is 18.7 Å². The molecule has 4 bridgehead atoms. The van der Waals surface area contributed by atoms with Gasteiger partial charge in [-0.15, -0.1) is 5.10 Å². The maximum atomic E-state index is 13.7. The highest BCUT2D eigenvalue weighted by Crippen LogP contribution is 2.21. The van der Waals surface area contributed by atoms with Crippen LogP contribution >= 0.6 is 0 Å². The van der Waals surface area contributed by atoms with E-state index in [1.54, 1.807) is 10.9 Å². The van der Waals surface area contributed by atoms with Gasteiger partial charge in [0.1, 0.15) is 18.2 Å². The summed E-state index contributed by atoms with van der Waals surface area (Å²) in [5.41, 5.74) is 0.939. The Balaban J connectivity index is 1.54. The molecule has 4 heterocycles. The molecule has 3 aliphatic heterocycles. The summed E-state index contributed by atoms with van der Waals surface area (Å²) in [5.74, 6) is -0.0964. The minimum Gasteiger partial charge on any atom is -0.491 e. The second-order valence-electron chi connectivity index (χ2n) is 7.50. The van der Waals surface area contributed by atoms with Gasteiger partial charge in [-0.05, 0) is 37.0 Å². The van der Waals surface area contributed by atoms with Crippen LogP contribution in [0.2, 0.25) is 0 Å². The topological polar surface area (TPSA) is 89.4 Å². The van der Waals surface area contributed by atoms with Crippen LogP contribution in [0, 0.1) is 11.7 Å². The highest BCUT2D eigenvalue weighted by atomic mass is 19.1. The molecule has 0 radical (unpaired) electrons. The van der Waals surface area contributed by atoms with Gasteiger partial charge >= 0.3 is 0 Å². The van der Waals surface area contributed by atoms with E-state index in [9.17, 15) is 14.0 Å². The van der Waals surface area contributed by atoms with Gasteiger partial charge in [-0.1, -0.05) is 5.21 Å². The number of carbonyl (C=O) groups is 2. The van der Waals surface area contributed by atoms with E-state index in [4.69, 9.17) is 4.74 Å². The summed E-state index contributed by atoms with van der Waals surface area (Å²) in [4.78, 5) is 27.0. The molecule has 9 heteroatoms. The number of ether oxygens (including phenoxy) is 1. The van der Waals surface area contributed by atoms with Crippen molar-refractivity contribution in [2.45, 2.75) is 32.2 Å². The Labute approximate surface area is 168 Å². The standard InChI is InChI=1S/C20H24FN5O3/c21-15-1-3-18-17(11-15)20(28)22-12-14-5-7-25(8-6-14)19(27)4-2-16-13-26(24-23-16)9-10-29-18/h1,3,11,13-14H,2,4-10,12H2,(H,22,28). The Morgan fingerprint density at radius 3 is 2.79 bits per heavy atom. The zero-order chi connectivity index (χ0) is 20.2. The number of nitrogens with zero attached hydrogens (tertiary/aromatic N) is 4. The van der Waals surface area contributed by atoms with Gasteiger partial charge in [0.05, 0.1) is 17.8 Å². The monoisotopic (exact) mass is 401 g/mol. The molecule has 0 atom stereocenters. The van der Waals surface area contributed by atoms with Crippen molar-refractivity contribution in [3.8, 4) is 5.75 Å². The molecular weight excluding hydrogens is 377 g/mol. The maximum absolute atomic E-state index is 13.7. The lowest BCUT2D eigenvalue weighted by Gasteiger charge is -2.32. The van der Waals surface area contributed by atoms with Crippen LogP contribution in [0.4, 0.5) is 4.39 Å². The van der Waals surface area contributed by atoms with E-state index < -0.39 is 5.82 Å². The lowest BCUT2D eigenvalue weighted by molar-refractivity contribution is -0.132. The number of aryl methyl sites for hydroxylation is 1. The fourth-order valence-corrected chi connectivity index (χ4v) is 3.73. The van der Waals surface area contributed by atoms with Gasteiger partial charge in [-0.3, -0.25) is 9.59 Å². The SMILES string of the molecule is O=C1NCC2CCN(CC2)C(=O)CCc2cn(nn2)CCOc2ccc(F)cc21. The summed E-state index contributed by atoms with van der Waals surface area (Å²) in [6.07, 6.45) is 4.42. The third-order valence-electron chi connectivity index (χ3n) is 5.46. The van der Waals surface area contributed by atoms with Crippen LogP contribution in [0.1, 0.15) is 35.3 Å². The first-order chi connectivity index (χ1) is 14.1. The van der Waals surface area contributed by atoms with Gasteiger partial charge < -0.3 is 15.0 Å². The van der Waals surface area contributed by atoms with Crippen LogP contribution in [0.5, 0.6) is 5.75 Å². The van der Waals surface area contributed by atoms with Crippen LogP contribution in [-0.2, 0) is 17.8 Å². The number of rotatable bonds is 0. The van der Waals surface area contributed by atoms with Crippen LogP contribution in [0.15, 0.2) is 24.4 Å². The van der Waals surface area contributed by atoms with Crippen molar-refractivity contribution in [1.29, 1.82) is 0 Å². The first kappa shape index (κ1) is 19.4. The van der Waals surface area contributed by atoms with Crippen LogP contribution in [0.3, 0.4) is 0 Å². The summed E-state index contributed by atoms with van der Waals surface area (Å²) in [6.45, 7) is 2.54. The predicted molar refractivity (Wildman–Crippen MR) is 102 cm³/mol. The molecule has 29 heavy (non-hydrogen) atoms. The molecule has 0 unspecified atom stereocenters. The molecule has 1 fully saturated rings. The summed E-state index contributed by atoms with van der Waals surface area (Å²) in [7, 11) is 0. The van der Waals surface area contributed by atoms with E-state index in [-0.39, 0.29) is 24.0 Å². The average Bonchev–Trinajstić information content (AvgIpc) is 3.19. The Morgan fingerprint density at radius 2 is 1.97 bits per heavy atom. The van der Waals surface area contributed by atoms with E-state index in [1.807, 2.05) is 4.90 Å². The number of amides is 2. The Hall–Kier alpha value is -2.97. The lowest BCUT2D eigenvalue weighted by atomic mass is 9.96. The van der Waals surface area contributed by atoms with Crippen LogP contribution < -0.4 is 10.1 Å². The number of carbonyl (C=O) groups excluding carboxylic acids is 2. The largest absolute Gasteiger partial charge is 0.491 e. The molecule has 2 amide bonds. The van der Waals surface area contributed by atoms with Gasteiger partial charge in [-0.2, -0.15) is 0 Å². The van der Waals surface area contributed by atoms with Crippen molar-refractivity contribution in [1.82, 2.24) is 25.2 Å². The Bertz CT molecular complexity index is 892. The molecule has 8 nitrogen and oxygen atoms in total. The van der Waals surface area contributed by atoms with Gasteiger partial charge in [0.25, 0.3) is 5.91 Å². The van der Waals surface area contributed by atoms with Crippen molar-refractivity contribution in [3.63, 3.8) is 0 Å². The van der Waals surface area contributed by atoms with Crippen LogP contribution in [-0.4, -0.2) is 57.9 Å². The quantitative estimate of drug-likeness (QED) is 0.721. The predicted octanol–water partition coefficient (Wildman–Crippen LogP) is 1.41. The third-order valence-corrected chi connectivity index (χ3v) is 5.46. The van der Waals surface area contributed by atoms with Gasteiger partial charge in [-0.25, -0.2) is 9.07 Å². The number of fused-ring (bicyclic) bond motifs is 8. The van der Waals surface area contributed by atoms with Crippen LogP contribution in [0.25, 0.3) is 0 Å². The molecule has 1 aromatic heterocycles. The lowest BCUT2D eigenvalue weighted by Crippen LogP contribution is -2.41. The molecule has 3 aliphatic rings. The number of hydrogen-bond donors (Lipinski definition) is 1. The summed E-state index contributed by atoms with van der Waals surface area (Å²) in [5, 5.41) is 11.1. The zero-order valence-corrected chi connectivity index (χ0v) is 16.1. The number of nitrogens with one attached hydrogen (secondary N) is 1. The van der Waals surface area contributed by atoms with Gasteiger partial charge in [0, 0.05) is 38.7 Å². The number of aromatic nitrogens is 3. The number of hydrogen-bond acceptors (Lipinski definition) is 5. The van der Waals surface area contributed by atoms with Crippen molar-refractivity contribution in [3.05, 3.63) is 41.5 Å². The molecule has 1 aromatic carbocycles. The second-order valence-corrected chi connectivity index (χ2v) is 7.50. The first-order valence-electron chi connectivity index (χ1n) is 9.96. The van der Waals surface area contributed by atoms with Gasteiger partial charge in [0.2, 0.25) is 5.91 Å². The summed E-state index contributed by atoms with van der Waals surface area (Å²) < 4.78 is 21.1. The molecule has 2 aromatic rings. The molecule has 0 saturated carbocycles. The maximum Gasteiger partial charge on any atom is 0.255 e. The Morgan fingerprint density at radius 1 is 1.14 bits per heavy atom. The van der Waals surface area contributed by atoms with E-state index in [1.165, 1.54) is 18.2 Å². The van der Waals surface area contributed by atoms with E-state index in [0.717, 1.165) is 18.5 Å². The van der Waals surface area contributed by atoms with Crippen molar-refractivity contribution in [2.24, 2.45) is 5.92 Å². The zero-order valence-electron chi connectivity index (χ0n) is 16.1. The van der Waals surface area contributed by atoms with Crippen molar-refractivity contribution in [2.75, 3.05) is 26.2 Å². The highest BCUT2D eigenvalue weighted by molar-refractivity contribution is 5.96. The molecular formula is C20H24FN5O3. The van der Waals surface area contributed by atoms with E-state index in [2.05, 4.69) is 15.6 Å². The average molecular weight is 401 g/mol. The first-order valence-corrected chi connectivity index (χ1v) is 9.96. The number of piperidine rings is 1. The molecule has 0 spiro atoms. The Kier molecular flexibility index (Phi) is 5.73. The fraction of sp³-hybridized carbons (Fsp3) is 0.500. The molecule has 1 saturated heterocycles. The summed E-state index contributed by atoms with van der Waals surface area (Å²) in [6, 6.07) is 3.94. The minimum atomic E-state index is -0.489. The molecule has 0 aliphatic carbocycles. The smallest absolute Gasteiger partial charge is 0.255 e. The molecule has 1 N–H and O–H groups in total. The van der Waals surface area contributed by atoms with Crippen molar-refractivity contribution >= 4 is 11.8 Å². The normalized spacial score (nSPS) is 19.1. The highest BCUT2D eigenvalue weighted by Gasteiger charge is 2.24. The second kappa shape index (κ2) is 8.59. The van der Waals surface area contributed by atoms with E-state index >= 15 is 0 Å². The fourth-order valence-electron chi connectivity index (χ4n) is 3.73. The third kappa shape index (κ3) is 4.72. The number of halogens is 1. The molecule has 5 rings (SSSR count). The van der Waals surface area contributed by atoms with E-state index in [0.29, 0.717) is 50.7 Å². The minimum absolute atomic E-state index is 0.121. The summed E-state index contributed by atoms with van der Waals surface area (Å²) >= 11 is 0.